The summed E-state index contributed by atoms with van der Waals surface area (Å²) in [4.78, 5) is 25.9. The Labute approximate surface area is 161 Å². The van der Waals surface area contributed by atoms with Gasteiger partial charge in [0.2, 0.25) is 0 Å². The van der Waals surface area contributed by atoms with Crippen molar-refractivity contribution in [2.24, 2.45) is 0 Å². The maximum absolute atomic E-state index is 12.1. The topological polar surface area (TPSA) is 118 Å². The van der Waals surface area contributed by atoms with Crippen LogP contribution in [0.4, 0.5) is 29.5 Å². The van der Waals surface area contributed by atoms with E-state index in [-0.39, 0.29) is 24.1 Å². The molecule has 2 aromatic rings. The largest absolute Gasteiger partial charge is 0.573 e. The second-order valence-electron chi connectivity index (χ2n) is 6.41. The minimum atomic E-state index is -4.81. The Balaban J connectivity index is 1.53. The number of carbonyl (C=O) groups is 1. The monoisotopic (exact) mass is 416 g/mol. The average molecular weight is 416 g/mol. The Morgan fingerprint density at radius 1 is 1.41 bits per heavy atom. The fourth-order valence-corrected chi connectivity index (χ4v) is 2.56. The minimum absolute atomic E-state index is 0.0507. The summed E-state index contributed by atoms with van der Waals surface area (Å²) >= 11 is 0. The van der Waals surface area contributed by atoms with Crippen molar-refractivity contribution in [2.75, 3.05) is 11.9 Å². The van der Waals surface area contributed by atoms with E-state index >= 15 is 0 Å². The fraction of sp³-hybridized carbons (Fsp3) is 0.375. The first-order valence-corrected chi connectivity index (χ1v) is 8.23. The predicted molar refractivity (Wildman–Crippen MR) is 90.6 cm³/mol. The molecule has 1 aromatic heterocycles. The average Bonchev–Trinajstić information content (AvgIpc) is 3.04. The van der Waals surface area contributed by atoms with Crippen molar-refractivity contribution in [1.82, 2.24) is 9.55 Å². The van der Waals surface area contributed by atoms with Gasteiger partial charge in [0, 0.05) is 23.6 Å². The number of nitro groups is 1. The Morgan fingerprint density at radius 3 is 2.72 bits per heavy atom. The highest BCUT2D eigenvalue weighted by molar-refractivity contribution is 5.84. The van der Waals surface area contributed by atoms with E-state index in [1.54, 1.807) is 6.92 Å². The number of nitrogens with one attached hydrogen (secondary N) is 1. The summed E-state index contributed by atoms with van der Waals surface area (Å²) in [5.74, 6) is -0.773. The van der Waals surface area contributed by atoms with Crippen LogP contribution in [-0.2, 0) is 11.3 Å². The maximum atomic E-state index is 12.1. The number of halogens is 3. The third kappa shape index (κ3) is 5.27. The molecule has 1 unspecified atom stereocenters. The van der Waals surface area contributed by atoms with E-state index in [0.717, 1.165) is 12.1 Å². The number of aromatic nitrogens is 2. The molecule has 1 amide bonds. The molecule has 1 aliphatic rings. The lowest BCUT2D eigenvalue weighted by atomic mass is 10.0. The summed E-state index contributed by atoms with van der Waals surface area (Å²) in [6.45, 7) is 1.88. The molecule has 29 heavy (non-hydrogen) atoms. The van der Waals surface area contributed by atoms with Crippen LogP contribution in [0.2, 0.25) is 0 Å². The van der Waals surface area contributed by atoms with Crippen LogP contribution < -0.4 is 14.8 Å². The molecule has 0 saturated carbocycles. The van der Waals surface area contributed by atoms with Gasteiger partial charge in [0.05, 0.1) is 0 Å². The summed E-state index contributed by atoms with van der Waals surface area (Å²) < 4.78 is 52.4. The molecule has 1 atom stereocenters. The van der Waals surface area contributed by atoms with Crippen LogP contribution in [0.3, 0.4) is 0 Å². The molecule has 1 aromatic carbocycles. The van der Waals surface area contributed by atoms with Gasteiger partial charge in [-0.05, 0) is 36.1 Å². The standard InChI is InChI=1S/C16H15F3N4O6/c1-15(6-7-22-8-12(23(25)26)21-13(22)29-15)9-27-14(24)20-10-2-4-11(5-3-10)28-16(17,18)19/h2-5,8H,6-7,9H2,1H3,(H,20,24). The van der Waals surface area contributed by atoms with Gasteiger partial charge in [-0.15, -0.1) is 13.2 Å². The van der Waals surface area contributed by atoms with Gasteiger partial charge in [0.15, 0.2) is 0 Å². The van der Waals surface area contributed by atoms with Gasteiger partial charge < -0.3 is 24.3 Å². The first kappa shape index (κ1) is 20.2. The zero-order chi connectivity index (χ0) is 21.2. The summed E-state index contributed by atoms with van der Waals surface area (Å²) in [6.07, 6.45) is -3.99. The normalized spacial score (nSPS) is 18.3. The van der Waals surface area contributed by atoms with E-state index in [9.17, 15) is 28.1 Å². The molecule has 1 N–H and O–H groups in total. The van der Waals surface area contributed by atoms with E-state index in [1.165, 1.54) is 22.9 Å². The zero-order valence-corrected chi connectivity index (χ0v) is 14.9. The number of aryl methyl sites for hydroxylation is 1. The van der Waals surface area contributed by atoms with Gasteiger partial charge >= 0.3 is 24.3 Å². The van der Waals surface area contributed by atoms with Crippen molar-refractivity contribution in [3.05, 3.63) is 40.6 Å². The lowest BCUT2D eigenvalue weighted by molar-refractivity contribution is -0.389. The zero-order valence-electron chi connectivity index (χ0n) is 14.9. The van der Waals surface area contributed by atoms with Crippen molar-refractivity contribution in [3.8, 4) is 11.8 Å². The van der Waals surface area contributed by atoms with E-state index < -0.39 is 28.7 Å². The van der Waals surface area contributed by atoms with Crippen LogP contribution in [0.15, 0.2) is 30.5 Å². The molecule has 13 heteroatoms. The van der Waals surface area contributed by atoms with E-state index in [2.05, 4.69) is 15.0 Å². The molecular formula is C16H15F3N4O6. The smallest absolute Gasteiger partial charge is 0.445 e. The van der Waals surface area contributed by atoms with Crippen molar-refractivity contribution < 1.29 is 37.1 Å². The molecule has 0 saturated heterocycles. The summed E-state index contributed by atoms with van der Waals surface area (Å²) in [5, 5.41) is 13.2. The molecule has 0 bridgehead atoms. The number of nitrogens with zero attached hydrogens (tertiary/aromatic N) is 3. The molecule has 156 valence electrons. The molecule has 0 aliphatic carbocycles. The Morgan fingerprint density at radius 2 is 2.10 bits per heavy atom. The third-order valence-corrected chi connectivity index (χ3v) is 3.98. The SMILES string of the molecule is CC1(COC(=O)Nc2ccc(OC(F)(F)F)cc2)CCn2cc([N+](=O)[O-])nc2O1. The van der Waals surface area contributed by atoms with Crippen molar-refractivity contribution in [1.29, 1.82) is 0 Å². The molecule has 2 heterocycles. The summed E-state index contributed by atoms with van der Waals surface area (Å²) in [7, 11) is 0. The minimum Gasteiger partial charge on any atom is -0.445 e. The van der Waals surface area contributed by atoms with Crippen molar-refractivity contribution in [3.63, 3.8) is 0 Å². The summed E-state index contributed by atoms with van der Waals surface area (Å²) in [5.41, 5.74) is -0.748. The van der Waals surface area contributed by atoms with Crippen molar-refractivity contribution in [2.45, 2.75) is 31.9 Å². The molecule has 10 nitrogen and oxygen atoms in total. The van der Waals surface area contributed by atoms with E-state index in [1.807, 2.05) is 0 Å². The van der Waals surface area contributed by atoms with Gasteiger partial charge in [-0.2, -0.15) is 0 Å². The van der Waals surface area contributed by atoms with Crippen LogP contribution in [0, 0.1) is 10.1 Å². The van der Waals surface area contributed by atoms with Crippen LogP contribution >= 0.6 is 0 Å². The second-order valence-corrected chi connectivity index (χ2v) is 6.41. The maximum Gasteiger partial charge on any atom is 0.573 e. The van der Waals surface area contributed by atoms with Crippen LogP contribution in [0.25, 0.3) is 0 Å². The van der Waals surface area contributed by atoms with Gasteiger partial charge in [0.1, 0.15) is 24.2 Å². The third-order valence-electron chi connectivity index (χ3n) is 3.98. The van der Waals surface area contributed by atoms with Crippen molar-refractivity contribution >= 4 is 17.6 Å². The number of benzene rings is 1. The Hall–Kier alpha value is -3.51. The fourth-order valence-electron chi connectivity index (χ4n) is 2.56. The predicted octanol–water partition coefficient (Wildman–Crippen LogP) is 3.48. The highest BCUT2D eigenvalue weighted by atomic mass is 19.4. The number of amides is 1. The lowest BCUT2D eigenvalue weighted by Gasteiger charge is -2.31. The van der Waals surface area contributed by atoms with Gasteiger partial charge in [0.25, 0.3) is 0 Å². The van der Waals surface area contributed by atoms with Gasteiger partial charge in [-0.3, -0.25) is 9.88 Å². The van der Waals surface area contributed by atoms with E-state index in [4.69, 9.17) is 9.47 Å². The number of carbonyl (C=O) groups excluding carboxylic acids is 1. The van der Waals surface area contributed by atoms with Gasteiger partial charge in [-0.25, -0.2) is 4.79 Å². The summed E-state index contributed by atoms with van der Waals surface area (Å²) in [6, 6.07) is 4.58. The molecule has 0 radical (unpaired) electrons. The number of ether oxygens (including phenoxy) is 3. The van der Waals surface area contributed by atoms with Gasteiger partial charge in [-0.1, -0.05) is 0 Å². The molecule has 0 fully saturated rings. The highest BCUT2D eigenvalue weighted by Crippen LogP contribution is 2.30. The number of hydrogen-bond acceptors (Lipinski definition) is 7. The number of anilines is 1. The number of alkyl halides is 3. The molecular weight excluding hydrogens is 401 g/mol. The second kappa shape index (κ2) is 7.48. The molecule has 3 rings (SSSR count). The number of imidazole rings is 1. The molecule has 0 spiro atoms. The highest BCUT2D eigenvalue weighted by Gasteiger charge is 2.38. The first-order chi connectivity index (χ1) is 13.5. The number of rotatable bonds is 5. The Bertz CT molecular complexity index is 914. The lowest BCUT2D eigenvalue weighted by Crippen LogP contribution is -2.43. The number of fused-ring (bicyclic) bond motifs is 1. The quantitative estimate of drug-likeness (QED) is 0.586. The van der Waals surface area contributed by atoms with Crippen LogP contribution in [0.5, 0.6) is 11.8 Å². The number of hydrogen-bond donors (Lipinski definition) is 1. The molecule has 1 aliphatic heterocycles. The first-order valence-electron chi connectivity index (χ1n) is 8.23. The van der Waals surface area contributed by atoms with Crippen LogP contribution in [0.1, 0.15) is 13.3 Å². The Kier molecular flexibility index (Phi) is 5.22. The van der Waals surface area contributed by atoms with E-state index in [0.29, 0.717) is 13.0 Å². The van der Waals surface area contributed by atoms with Crippen LogP contribution in [-0.4, -0.2) is 39.1 Å².